The maximum Gasteiger partial charge on any atom is 0.338 e. The van der Waals surface area contributed by atoms with Crippen molar-refractivity contribution in [3.8, 4) is 0 Å². The van der Waals surface area contributed by atoms with Crippen LogP contribution in [0.4, 0.5) is 5.69 Å². The molecule has 1 fully saturated rings. The molecule has 19 heavy (non-hydrogen) atoms. The molecule has 1 aromatic rings. The van der Waals surface area contributed by atoms with Crippen molar-refractivity contribution in [1.29, 1.82) is 0 Å². The van der Waals surface area contributed by atoms with Gasteiger partial charge >= 0.3 is 5.97 Å². The standard InChI is InChI=1S/C14H18N2O3/c1-2-19-14(18)10-5-3-6-11(9-10)16-13(17)12-7-4-8-15-12/h3,5-6,9,12,15H,2,4,7-8H2,1H3,(H,16,17)/t12-/m1/s1. The number of hydrogen-bond acceptors (Lipinski definition) is 4. The maximum absolute atomic E-state index is 11.9. The maximum atomic E-state index is 11.9. The largest absolute Gasteiger partial charge is 0.462 e. The quantitative estimate of drug-likeness (QED) is 0.808. The number of nitrogens with one attached hydrogen (secondary N) is 2. The predicted octanol–water partition coefficient (Wildman–Crippen LogP) is 1.55. The summed E-state index contributed by atoms with van der Waals surface area (Å²) in [6.07, 6.45) is 1.87. The Bertz CT molecular complexity index is 468. The minimum absolute atomic E-state index is 0.0569. The van der Waals surface area contributed by atoms with Gasteiger partial charge in [0.05, 0.1) is 18.2 Å². The molecule has 0 unspecified atom stereocenters. The molecule has 5 heteroatoms. The van der Waals surface area contributed by atoms with Gasteiger partial charge in [-0.05, 0) is 44.5 Å². The summed E-state index contributed by atoms with van der Waals surface area (Å²) in [6, 6.07) is 6.65. The number of anilines is 1. The molecule has 1 aliphatic heterocycles. The highest BCUT2D eigenvalue weighted by atomic mass is 16.5. The molecule has 102 valence electrons. The number of carbonyl (C=O) groups excluding carboxylic acids is 2. The van der Waals surface area contributed by atoms with Gasteiger partial charge in [-0.1, -0.05) is 6.07 Å². The first-order valence-corrected chi connectivity index (χ1v) is 6.52. The first kappa shape index (κ1) is 13.5. The number of rotatable bonds is 4. The lowest BCUT2D eigenvalue weighted by Crippen LogP contribution is -2.35. The Morgan fingerprint density at radius 1 is 1.47 bits per heavy atom. The van der Waals surface area contributed by atoms with E-state index in [1.165, 1.54) is 0 Å². The fourth-order valence-corrected chi connectivity index (χ4v) is 2.08. The second kappa shape index (κ2) is 6.33. The van der Waals surface area contributed by atoms with Crippen molar-refractivity contribution < 1.29 is 14.3 Å². The van der Waals surface area contributed by atoms with Crippen molar-refractivity contribution in [2.75, 3.05) is 18.5 Å². The summed E-state index contributed by atoms with van der Waals surface area (Å²) in [5.41, 5.74) is 1.06. The van der Waals surface area contributed by atoms with Crippen LogP contribution in [0.1, 0.15) is 30.1 Å². The van der Waals surface area contributed by atoms with Crippen LogP contribution in [-0.2, 0) is 9.53 Å². The van der Waals surface area contributed by atoms with Crippen LogP contribution >= 0.6 is 0 Å². The molecule has 0 radical (unpaired) electrons. The Morgan fingerprint density at radius 2 is 2.32 bits per heavy atom. The molecule has 0 saturated carbocycles. The third kappa shape index (κ3) is 3.54. The van der Waals surface area contributed by atoms with E-state index >= 15 is 0 Å². The number of esters is 1. The Morgan fingerprint density at radius 3 is 3.00 bits per heavy atom. The molecule has 1 amide bonds. The van der Waals surface area contributed by atoms with Gasteiger partial charge in [-0.15, -0.1) is 0 Å². The van der Waals surface area contributed by atoms with Gasteiger partial charge in [-0.25, -0.2) is 4.79 Å². The molecule has 0 aromatic heterocycles. The highest BCUT2D eigenvalue weighted by Crippen LogP contribution is 2.14. The van der Waals surface area contributed by atoms with Crippen LogP contribution < -0.4 is 10.6 Å². The Balaban J connectivity index is 2.02. The first-order valence-electron chi connectivity index (χ1n) is 6.52. The molecule has 0 spiro atoms. The zero-order valence-electron chi connectivity index (χ0n) is 10.9. The van der Waals surface area contributed by atoms with Crippen LogP contribution in [0.2, 0.25) is 0 Å². The van der Waals surface area contributed by atoms with E-state index in [9.17, 15) is 9.59 Å². The molecule has 5 nitrogen and oxygen atoms in total. The van der Waals surface area contributed by atoms with Gasteiger partial charge in [0.2, 0.25) is 5.91 Å². The number of carbonyl (C=O) groups is 2. The van der Waals surface area contributed by atoms with E-state index in [1.54, 1.807) is 31.2 Å². The number of ether oxygens (including phenoxy) is 1. The third-order valence-electron chi connectivity index (χ3n) is 3.02. The molecule has 0 aliphatic carbocycles. The SMILES string of the molecule is CCOC(=O)c1cccc(NC(=O)[C@H]2CCCN2)c1. The molecular formula is C14H18N2O3. The average molecular weight is 262 g/mol. The van der Waals surface area contributed by atoms with Crippen LogP contribution in [0.15, 0.2) is 24.3 Å². The van der Waals surface area contributed by atoms with Crippen molar-refractivity contribution in [3.05, 3.63) is 29.8 Å². The summed E-state index contributed by atoms with van der Waals surface area (Å²) in [5.74, 6) is -0.434. The monoisotopic (exact) mass is 262 g/mol. The minimum Gasteiger partial charge on any atom is -0.462 e. The molecular weight excluding hydrogens is 244 g/mol. The van der Waals surface area contributed by atoms with Crippen molar-refractivity contribution >= 4 is 17.6 Å². The molecule has 2 rings (SSSR count). The van der Waals surface area contributed by atoms with Crippen molar-refractivity contribution in [2.45, 2.75) is 25.8 Å². The van der Waals surface area contributed by atoms with Gasteiger partial charge in [0.1, 0.15) is 0 Å². The summed E-state index contributed by atoms with van der Waals surface area (Å²) >= 11 is 0. The van der Waals surface area contributed by atoms with Gasteiger partial charge in [0.15, 0.2) is 0 Å². The Kier molecular flexibility index (Phi) is 4.52. The molecule has 2 N–H and O–H groups in total. The second-order valence-corrected chi connectivity index (χ2v) is 4.44. The molecule has 1 aromatic carbocycles. The van der Waals surface area contributed by atoms with E-state index in [-0.39, 0.29) is 17.9 Å². The summed E-state index contributed by atoms with van der Waals surface area (Å²) in [4.78, 5) is 23.5. The smallest absolute Gasteiger partial charge is 0.338 e. The fraction of sp³-hybridized carbons (Fsp3) is 0.429. The second-order valence-electron chi connectivity index (χ2n) is 4.44. The van der Waals surface area contributed by atoms with Crippen LogP contribution in [0.25, 0.3) is 0 Å². The summed E-state index contributed by atoms with van der Waals surface area (Å²) in [5, 5.41) is 5.94. The van der Waals surface area contributed by atoms with Crippen molar-refractivity contribution in [1.82, 2.24) is 5.32 Å². The van der Waals surface area contributed by atoms with E-state index in [1.807, 2.05) is 0 Å². The highest BCUT2D eigenvalue weighted by molar-refractivity contribution is 5.97. The van der Waals surface area contributed by atoms with E-state index in [0.29, 0.717) is 17.9 Å². The normalized spacial score (nSPS) is 18.1. The summed E-state index contributed by atoms with van der Waals surface area (Å²) < 4.78 is 4.92. The number of benzene rings is 1. The van der Waals surface area contributed by atoms with Gasteiger partial charge in [0, 0.05) is 5.69 Å². The minimum atomic E-state index is -0.377. The highest BCUT2D eigenvalue weighted by Gasteiger charge is 2.22. The van der Waals surface area contributed by atoms with Gasteiger partial charge in [-0.3, -0.25) is 4.79 Å². The van der Waals surface area contributed by atoms with Crippen LogP contribution in [0.3, 0.4) is 0 Å². The van der Waals surface area contributed by atoms with Gasteiger partial charge < -0.3 is 15.4 Å². The average Bonchev–Trinajstić information content (AvgIpc) is 2.93. The lowest BCUT2D eigenvalue weighted by atomic mass is 10.2. The molecule has 1 atom stereocenters. The Hall–Kier alpha value is -1.88. The van der Waals surface area contributed by atoms with E-state index in [0.717, 1.165) is 19.4 Å². The fourth-order valence-electron chi connectivity index (χ4n) is 2.08. The zero-order chi connectivity index (χ0) is 13.7. The van der Waals surface area contributed by atoms with Crippen LogP contribution in [0.5, 0.6) is 0 Å². The lowest BCUT2D eigenvalue weighted by Gasteiger charge is -2.11. The third-order valence-corrected chi connectivity index (χ3v) is 3.02. The van der Waals surface area contributed by atoms with Crippen molar-refractivity contribution in [2.24, 2.45) is 0 Å². The topological polar surface area (TPSA) is 67.4 Å². The lowest BCUT2D eigenvalue weighted by molar-refractivity contribution is -0.117. The van der Waals surface area contributed by atoms with Crippen LogP contribution in [0, 0.1) is 0 Å². The van der Waals surface area contributed by atoms with Crippen LogP contribution in [-0.4, -0.2) is 31.1 Å². The number of hydrogen-bond donors (Lipinski definition) is 2. The zero-order valence-corrected chi connectivity index (χ0v) is 10.9. The van der Waals surface area contributed by atoms with E-state index in [2.05, 4.69) is 10.6 Å². The van der Waals surface area contributed by atoms with E-state index in [4.69, 9.17) is 4.74 Å². The molecule has 1 heterocycles. The number of amides is 1. The predicted molar refractivity (Wildman–Crippen MR) is 72.1 cm³/mol. The molecule has 1 aliphatic rings. The van der Waals surface area contributed by atoms with Crippen molar-refractivity contribution in [3.63, 3.8) is 0 Å². The van der Waals surface area contributed by atoms with Gasteiger partial charge in [-0.2, -0.15) is 0 Å². The Labute approximate surface area is 112 Å². The van der Waals surface area contributed by atoms with Gasteiger partial charge in [0.25, 0.3) is 0 Å². The summed E-state index contributed by atoms with van der Waals surface area (Å²) in [6.45, 7) is 2.97. The first-order chi connectivity index (χ1) is 9.20. The molecule has 0 bridgehead atoms. The molecule has 1 saturated heterocycles. The summed E-state index contributed by atoms with van der Waals surface area (Å²) in [7, 11) is 0. The van der Waals surface area contributed by atoms with E-state index < -0.39 is 0 Å².